The summed E-state index contributed by atoms with van der Waals surface area (Å²) < 4.78 is 2.27. The molecule has 0 spiro atoms. The third kappa shape index (κ3) is 1.92. The molecule has 22 heavy (non-hydrogen) atoms. The normalized spacial score (nSPS) is 27.5. The Kier molecular flexibility index (Phi) is 2.85. The van der Waals surface area contributed by atoms with Crippen molar-refractivity contribution in [3.63, 3.8) is 0 Å². The molecule has 2 bridgehead atoms. The molecule has 112 valence electrons. The van der Waals surface area contributed by atoms with Gasteiger partial charge in [0.1, 0.15) is 5.01 Å². The van der Waals surface area contributed by atoms with E-state index in [1.165, 1.54) is 42.4 Å². The van der Waals surface area contributed by atoms with Crippen LogP contribution >= 0.6 is 11.3 Å². The van der Waals surface area contributed by atoms with E-state index in [0.29, 0.717) is 6.04 Å². The zero-order chi connectivity index (χ0) is 14.5. The van der Waals surface area contributed by atoms with Crippen molar-refractivity contribution in [3.05, 3.63) is 36.0 Å². The quantitative estimate of drug-likeness (QED) is 0.727. The zero-order valence-corrected chi connectivity index (χ0v) is 13.2. The SMILES string of the molecule is c1csc(-c2ccc3c(cnn3[C@H]3CN4CCC3CC4)c2)n1. The van der Waals surface area contributed by atoms with Crippen LogP contribution < -0.4 is 0 Å². The molecule has 0 N–H and O–H groups in total. The van der Waals surface area contributed by atoms with E-state index in [-0.39, 0.29) is 0 Å². The van der Waals surface area contributed by atoms with E-state index in [0.717, 1.165) is 17.5 Å². The number of rotatable bonds is 2. The molecule has 0 amide bonds. The number of aromatic nitrogens is 3. The Balaban J connectivity index is 1.56. The molecule has 5 heteroatoms. The maximum Gasteiger partial charge on any atom is 0.123 e. The molecule has 0 saturated carbocycles. The molecule has 1 atom stereocenters. The van der Waals surface area contributed by atoms with Gasteiger partial charge in [0.15, 0.2) is 0 Å². The summed E-state index contributed by atoms with van der Waals surface area (Å²) in [5.41, 5.74) is 2.45. The predicted molar refractivity (Wildman–Crippen MR) is 89.0 cm³/mol. The highest BCUT2D eigenvalue weighted by molar-refractivity contribution is 7.13. The van der Waals surface area contributed by atoms with Gasteiger partial charge >= 0.3 is 0 Å². The molecule has 3 aliphatic heterocycles. The molecule has 1 aromatic carbocycles. The molecule has 3 aliphatic rings. The van der Waals surface area contributed by atoms with Crippen molar-refractivity contribution in [2.45, 2.75) is 18.9 Å². The largest absolute Gasteiger partial charge is 0.301 e. The summed E-state index contributed by atoms with van der Waals surface area (Å²) in [4.78, 5) is 6.99. The minimum Gasteiger partial charge on any atom is -0.301 e. The van der Waals surface area contributed by atoms with E-state index >= 15 is 0 Å². The van der Waals surface area contributed by atoms with Gasteiger partial charge in [0.25, 0.3) is 0 Å². The van der Waals surface area contributed by atoms with Crippen molar-refractivity contribution in [1.82, 2.24) is 19.7 Å². The molecule has 4 nitrogen and oxygen atoms in total. The highest BCUT2D eigenvalue weighted by Gasteiger charge is 2.36. The molecule has 0 aliphatic carbocycles. The van der Waals surface area contributed by atoms with Crippen LogP contribution in [0.2, 0.25) is 0 Å². The van der Waals surface area contributed by atoms with Gasteiger partial charge in [0.05, 0.1) is 17.8 Å². The first kappa shape index (κ1) is 12.8. The average Bonchev–Trinajstić information content (AvgIpc) is 3.25. The Morgan fingerprint density at radius 2 is 2.09 bits per heavy atom. The van der Waals surface area contributed by atoms with Crippen LogP contribution in [0.25, 0.3) is 21.5 Å². The Labute approximate surface area is 133 Å². The van der Waals surface area contributed by atoms with Crippen LogP contribution in [0.4, 0.5) is 0 Å². The topological polar surface area (TPSA) is 34.0 Å². The fourth-order valence-corrected chi connectivity index (χ4v) is 4.66. The first-order valence-electron chi connectivity index (χ1n) is 7.98. The molecule has 5 heterocycles. The summed E-state index contributed by atoms with van der Waals surface area (Å²) in [7, 11) is 0. The lowest BCUT2D eigenvalue weighted by Gasteiger charge is -2.44. The predicted octanol–water partition coefficient (Wildman–Crippen LogP) is 3.43. The van der Waals surface area contributed by atoms with Crippen LogP contribution in [0, 0.1) is 5.92 Å². The summed E-state index contributed by atoms with van der Waals surface area (Å²) in [6.07, 6.45) is 6.53. The van der Waals surface area contributed by atoms with Crippen LogP contribution in [0.15, 0.2) is 36.0 Å². The fourth-order valence-electron chi connectivity index (χ4n) is 4.03. The second-order valence-corrected chi connectivity index (χ2v) is 7.30. The maximum atomic E-state index is 4.73. The number of piperidine rings is 3. The number of fused-ring (bicyclic) bond motifs is 4. The number of nitrogens with zero attached hydrogens (tertiary/aromatic N) is 4. The molecule has 0 radical (unpaired) electrons. The van der Waals surface area contributed by atoms with Crippen LogP contribution in [0.1, 0.15) is 18.9 Å². The summed E-state index contributed by atoms with van der Waals surface area (Å²) in [5, 5.41) is 9.06. The average molecular weight is 310 g/mol. The third-order valence-electron chi connectivity index (χ3n) is 5.21. The van der Waals surface area contributed by atoms with Gasteiger partial charge in [-0.3, -0.25) is 4.68 Å². The summed E-state index contributed by atoms with van der Waals surface area (Å²) in [5.74, 6) is 0.798. The van der Waals surface area contributed by atoms with Crippen LogP contribution in [-0.4, -0.2) is 39.3 Å². The molecular weight excluding hydrogens is 292 g/mol. The van der Waals surface area contributed by atoms with Crippen molar-refractivity contribution >= 4 is 22.2 Å². The van der Waals surface area contributed by atoms with Crippen molar-refractivity contribution in [2.75, 3.05) is 19.6 Å². The molecule has 3 fully saturated rings. The monoisotopic (exact) mass is 310 g/mol. The molecule has 2 aromatic heterocycles. The molecule has 6 rings (SSSR count). The summed E-state index contributed by atoms with van der Waals surface area (Å²) in [6.45, 7) is 3.71. The number of hydrogen-bond donors (Lipinski definition) is 0. The van der Waals surface area contributed by atoms with Gasteiger partial charge < -0.3 is 4.90 Å². The Morgan fingerprint density at radius 3 is 2.82 bits per heavy atom. The van der Waals surface area contributed by atoms with E-state index in [9.17, 15) is 0 Å². The molecule has 0 unspecified atom stereocenters. The Bertz CT molecular complexity index is 799. The van der Waals surface area contributed by atoms with Crippen LogP contribution in [0.5, 0.6) is 0 Å². The van der Waals surface area contributed by atoms with Gasteiger partial charge in [0, 0.05) is 29.1 Å². The van der Waals surface area contributed by atoms with Gasteiger partial charge in [-0.15, -0.1) is 11.3 Å². The Morgan fingerprint density at radius 1 is 1.18 bits per heavy atom. The standard InChI is InChI=1S/C17H18N4S/c1-2-15-14(9-13(1)17-18-5-8-22-17)10-19-21(15)16-11-20-6-3-12(16)4-7-20/h1-2,5,8-10,12,16H,3-4,6-7,11H2/t16-/m0/s1. The van der Waals surface area contributed by atoms with Crippen molar-refractivity contribution in [3.8, 4) is 10.6 Å². The molecule has 3 aromatic rings. The second kappa shape index (κ2) is 4.89. The third-order valence-corrected chi connectivity index (χ3v) is 6.03. The Hall–Kier alpha value is -1.72. The zero-order valence-electron chi connectivity index (χ0n) is 12.4. The van der Waals surface area contributed by atoms with E-state index in [4.69, 9.17) is 5.10 Å². The van der Waals surface area contributed by atoms with E-state index < -0.39 is 0 Å². The molecular formula is C17H18N4S. The highest BCUT2D eigenvalue weighted by Crippen LogP contribution is 2.37. The van der Waals surface area contributed by atoms with Crippen molar-refractivity contribution in [2.24, 2.45) is 5.92 Å². The van der Waals surface area contributed by atoms with Gasteiger partial charge in [-0.1, -0.05) is 0 Å². The number of thiazole rings is 1. The van der Waals surface area contributed by atoms with Crippen LogP contribution in [0.3, 0.4) is 0 Å². The van der Waals surface area contributed by atoms with Gasteiger partial charge in [-0.05, 0) is 50.0 Å². The number of hydrogen-bond acceptors (Lipinski definition) is 4. The number of benzene rings is 1. The van der Waals surface area contributed by atoms with E-state index in [2.05, 4.69) is 32.8 Å². The highest BCUT2D eigenvalue weighted by atomic mass is 32.1. The van der Waals surface area contributed by atoms with Crippen molar-refractivity contribution < 1.29 is 0 Å². The van der Waals surface area contributed by atoms with Gasteiger partial charge in [0.2, 0.25) is 0 Å². The smallest absolute Gasteiger partial charge is 0.123 e. The fraction of sp³-hybridized carbons (Fsp3) is 0.412. The van der Waals surface area contributed by atoms with E-state index in [1.807, 2.05) is 17.8 Å². The van der Waals surface area contributed by atoms with E-state index in [1.54, 1.807) is 11.3 Å². The maximum absolute atomic E-state index is 4.73. The lowest BCUT2D eigenvalue weighted by Crippen LogP contribution is -2.48. The molecule has 3 saturated heterocycles. The van der Waals surface area contributed by atoms with Crippen molar-refractivity contribution in [1.29, 1.82) is 0 Å². The minimum atomic E-state index is 0.547. The van der Waals surface area contributed by atoms with Gasteiger partial charge in [-0.2, -0.15) is 5.10 Å². The lowest BCUT2D eigenvalue weighted by atomic mass is 9.84. The van der Waals surface area contributed by atoms with Gasteiger partial charge in [-0.25, -0.2) is 4.98 Å². The summed E-state index contributed by atoms with van der Waals surface area (Å²) in [6, 6.07) is 7.17. The first-order chi connectivity index (χ1) is 10.9. The van der Waals surface area contributed by atoms with Crippen LogP contribution in [-0.2, 0) is 0 Å². The summed E-state index contributed by atoms with van der Waals surface area (Å²) >= 11 is 1.68. The second-order valence-electron chi connectivity index (χ2n) is 6.41. The minimum absolute atomic E-state index is 0.547. The first-order valence-corrected chi connectivity index (χ1v) is 8.86. The lowest BCUT2D eigenvalue weighted by molar-refractivity contribution is 0.0534.